The Kier molecular flexibility index (Phi) is 3.73. The molecule has 0 aliphatic carbocycles. The third-order valence-corrected chi connectivity index (χ3v) is 5.10. The van der Waals surface area contributed by atoms with E-state index < -0.39 is 21.8 Å². The number of hydrogen-bond donors (Lipinski definition) is 2. The number of aromatic nitrogens is 1. The summed E-state index contributed by atoms with van der Waals surface area (Å²) in [5.41, 5.74) is 0.321. The van der Waals surface area contributed by atoms with Crippen LogP contribution in [0.5, 0.6) is 0 Å². The Labute approximate surface area is 118 Å². The summed E-state index contributed by atoms with van der Waals surface area (Å²) in [6.45, 7) is 1.50. The molecule has 0 fully saturated rings. The number of thiophene rings is 1. The minimum Gasteiger partial charge on any atom is -0.477 e. The molecule has 9 heteroatoms. The molecular formula is C11H9FN2O4S2. The number of carboxylic acids is 1. The molecule has 2 heterocycles. The smallest absolute Gasteiger partial charge is 0.347 e. The Morgan fingerprint density at radius 2 is 2.15 bits per heavy atom. The number of aryl methyl sites for hydroxylation is 1. The number of carboxylic acid groups (broad SMARTS) is 1. The highest BCUT2D eigenvalue weighted by Crippen LogP contribution is 2.28. The Morgan fingerprint density at radius 1 is 1.45 bits per heavy atom. The van der Waals surface area contributed by atoms with Crippen molar-refractivity contribution in [2.45, 2.75) is 11.8 Å². The molecule has 0 aliphatic heterocycles. The van der Waals surface area contributed by atoms with Crippen molar-refractivity contribution in [1.29, 1.82) is 0 Å². The van der Waals surface area contributed by atoms with Gasteiger partial charge in [-0.2, -0.15) is 0 Å². The van der Waals surface area contributed by atoms with E-state index in [0.29, 0.717) is 5.56 Å². The lowest BCUT2D eigenvalue weighted by Crippen LogP contribution is -2.17. The molecule has 0 aliphatic rings. The average Bonchev–Trinajstić information content (AvgIpc) is 2.75. The van der Waals surface area contributed by atoms with E-state index in [2.05, 4.69) is 9.71 Å². The van der Waals surface area contributed by atoms with Gasteiger partial charge in [0.2, 0.25) is 0 Å². The van der Waals surface area contributed by atoms with Gasteiger partial charge in [-0.25, -0.2) is 22.6 Å². The zero-order chi connectivity index (χ0) is 14.9. The van der Waals surface area contributed by atoms with Gasteiger partial charge in [0.1, 0.15) is 21.4 Å². The normalized spacial score (nSPS) is 11.3. The maximum absolute atomic E-state index is 12.7. The predicted molar refractivity (Wildman–Crippen MR) is 71.0 cm³/mol. The highest BCUT2D eigenvalue weighted by molar-refractivity contribution is 7.93. The number of nitrogens with one attached hydrogen (secondary N) is 1. The van der Waals surface area contributed by atoms with Crippen LogP contribution in [0.25, 0.3) is 0 Å². The van der Waals surface area contributed by atoms with Crippen molar-refractivity contribution in [3.05, 3.63) is 40.0 Å². The summed E-state index contributed by atoms with van der Waals surface area (Å²) in [6.07, 6.45) is 0.858. The van der Waals surface area contributed by atoms with Gasteiger partial charge in [-0.05, 0) is 30.0 Å². The van der Waals surface area contributed by atoms with Crippen LogP contribution in [0, 0.1) is 12.7 Å². The Morgan fingerprint density at radius 3 is 2.70 bits per heavy atom. The number of nitrogens with zero attached hydrogens (tertiary/aromatic N) is 1. The van der Waals surface area contributed by atoms with Gasteiger partial charge in [0, 0.05) is 0 Å². The standard InChI is InChI=1S/C11H9FN2O4S2/c1-6-5-19-9(11(15)16)10(6)20(17,18)14-8-3-2-7(12)4-13-8/h2-5H,1H3,(H,13,14)(H,15,16). The Hall–Kier alpha value is -2.00. The predicted octanol–water partition coefficient (Wildman–Crippen LogP) is 2.09. The van der Waals surface area contributed by atoms with E-state index in [-0.39, 0.29) is 15.6 Å². The highest BCUT2D eigenvalue weighted by atomic mass is 32.2. The zero-order valence-corrected chi connectivity index (χ0v) is 11.8. The highest BCUT2D eigenvalue weighted by Gasteiger charge is 2.27. The van der Waals surface area contributed by atoms with E-state index in [1.54, 1.807) is 0 Å². The number of sulfonamides is 1. The summed E-state index contributed by atoms with van der Waals surface area (Å²) in [4.78, 5) is 14.0. The molecule has 0 amide bonds. The van der Waals surface area contributed by atoms with Crippen LogP contribution in [0.1, 0.15) is 15.2 Å². The Bertz CT molecular complexity index is 753. The summed E-state index contributed by atoms with van der Waals surface area (Å²) in [7, 11) is -4.09. The number of rotatable bonds is 4. The topological polar surface area (TPSA) is 96.4 Å². The van der Waals surface area contributed by atoms with E-state index in [4.69, 9.17) is 5.11 Å². The molecule has 0 saturated carbocycles. The molecule has 106 valence electrons. The van der Waals surface area contributed by atoms with E-state index in [0.717, 1.165) is 29.7 Å². The third-order valence-electron chi connectivity index (χ3n) is 2.35. The van der Waals surface area contributed by atoms with Gasteiger partial charge in [-0.3, -0.25) is 4.72 Å². The maximum Gasteiger partial charge on any atom is 0.347 e. The molecule has 0 radical (unpaired) electrons. The minimum absolute atomic E-state index is 0.0895. The first kappa shape index (κ1) is 14.4. The summed E-state index contributed by atoms with van der Waals surface area (Å²) in [5, 5.41) is 10.4. The molecule has 0 saturated heterocycles. The van der Waals surface area contributed by atoms with Crippen LogP contribution in [0.2, 0.25) is 0 Å². The first-order valence-corrected chi connectivity index (χ1v) is 7.63. The van der Waals surface area contributed by atoms with Crippen molar-refractivity contribution in [3.8, 4) is 0 Å². The lowest BCUT2D eigenvalue weighted by atomic mass is 10.3. The summed E-state index contributed by atoms with van der Waals surface area (Å²) < 4.78 is 39.2. The number of anilines is 1. The monoisotopic (exact) mass is 316 g/mol. The van der Waals surface area contributed by atoms with Crippen molar-refractivity contribution in [3.63, 3.8) is 0 Å². The van der Waals surface area contributed by atoms with Gasteiger partial charge >= 0.3 is 5.97 Å². The fourth-order valence-corrected chi connectivity index (χ4v) is 4.18. The van der Waals surface area contributed by atoms with Crippen molar-refractivity contribution in [2.24, 2.45) is 0 Å². The lowest BCUT2D eigenvalue weighted by Gasteiger charge is -2.08. The van der Waals surface area contributed by atoms with E-state index >= 15 is 0 Å². The number of aromatic carboxylic acids is 1. The largest absolute Gasteiger partial charge is 0.477 e. The fourth-order valence-electron chi connectivity index (χ4n) is 1.54. The molecule has 20 heavy (non-hydrogen) atoms. The van der Waals surface area contributed by atoms with E-state index in [1.807, 2.05) is 0 Å². The van der Waals surface area contributed by atoms with Crippen LogP contribution < -0.4 is 4.72 Å². The number of hydrogen-bond acceptors (Lipinski definition) is 5. The fraction of sp³-hybridized carbons (Fsp3) is 0.0909. The molecule has 0 unspecified atom stereocenters. The number of carbonyl (C=O) groups is 1. The second kappa shape index (κ2) is 5.17. The molecule has 0 aromatic carbocycles. The molecule has 6 nitrogen and oxygen atoms in total. The number of halogens is 1. The molecule has 0 spiro atoms. The lowest BCUT2D eigenvalue weighted by molar-refractivity contribution is 0.0698. The second-order valence-corrected chi connectivity index (χ2v) is 6.35. The van der Waals surface area contributed by atoms with Gasteiger partial charge in [0.15, 0.2) is 0 Å². The quantitative estimate of drug-likeness (QED) is 0.900. The molecule has 2 aromatic rings. The summed E-state index contributed by atoms with van der Waals surface area (Å²) in [6, 6.07) is 2.19. The SMILES string of the molecule is Cc1csc(C(=O)O)c1S(=O)(=O)Nc1ccc(F)cn1. The molecule has 2 N–H and O–H groups in total. The van der Waals surface area contributed by atoms with Crippen LogP contribution in [-0.2, 0) is 10.0 Å². The maximum atomic E-state index is 12.7. The van der Waals surface area contributed by atoms with Crippen molar-refractivity contribution < 1.29 is 22.7 Å². The van der Waals surface area contributed by atoms with Gasteiger partial charge in [0.05, 0.1) is 6.20 Å². The molecule has 0 bridgehead atoms. The Balaban J connectivity index is 2.43. The van der Waals surface area contributed by atoms with Crippen LogP contribution in [-0.4, -0.2) is 24.5 Å². The van der Waals surface area contributed by atoms with Crippen molar-refractivity contribution in [2.75, 3.05) is 4.72 Å². The summed E-state index contributed by atoms with van der Waals surface area (Å²) in [5.74, 6) is -2.02. The first-order valence-electron chi connectivity index (χ1n) is 5.27. The van der Waals surface area contributed by atoms with Crippen LogP contribution >= 0.6 is 11.3 Å². The summed E-state index contributed by atoms with van der Waals surface area (Å²) >= 11 is 0.825. The van der Waals surface area contributed by atoms with Crippen LogP contribution in [0.3, 0.4) is 0 Å². The van der Waals surface area contributed by atoms with Gasteiger partial charge in [-0.15, -0.1) is 11.3 Å². The van der Waals surface area contributed by atoms with E-state index in [9.17, 15) is 17.6 Å². The van der Waals surface area contributed by atoms with Crippen molar-refractivity contribution >= 4 is 33.1 Å². The zero-order valence-electron chi connectivity index (χ0n) is 10.1. The molecule has 0 atom stereocenters. The third kappa shape index (κ3) is 2.78. The molecular weight excluding hydrogens is 307 g/mol. The number of pyridine rings is 1. The van der Waals surface area contributed by atoms with E-state index in [1.165, 1.54) is 12.3 Å². The average molecular weight is 316 g/mol. The van der Waals surface area contributed by atoms with Gasteiger partial charge < -0.3 is 5.11 Å². The molecule has 2 rings (SSSR count). The second-order valence-electron chi connectivity index (χ2n) is 3.85. The van der Waals surface area contributed by atoms with Crippen LogP contribution in [0.4, 0.5) is 10.2 Å². The van der Waals surface area contributed by atoms with Gasteiger partial charge in [-0.1, -0.05) is 0 Å². The molecule has 2 aromatic heterocycles. The minimum atomic E-state index is -4.09. The van der Waals surface area contributed by atoms with Crippen LogP contribution in [0.15, 0.2) is 28.6 Å². The first-order chi connectivity index (χ1) is 9.31. The van der Waals surface area contributed by atoms with Crippen molar-refractivity contribution in [1.82, 2.24) is 4.98 Å². The van der Waals surface area contributed by atoms with Gasteiger partial charge in [0.25, 0.3) is 10.0 Å².